The molecule has 1 heterocycles. The number of esters is 1. The molecule has 0 radical (unpaired) electrons. The lowest BCUT2D eigenvalue weighted by Crippen LogP contribution is -2.31. The predicted octanol–water partition coefficient (Wildman–Crippen LogP) is 5.26. The van der Waals surface area contributed by atoms with Gasteiger partial charge in [0.25, 0.3) is 0 Å². The molecular weight excluding hydrogens is 288 g/mol. The number of ether oxygens (including phenoxy) is 2. The van der Waals surface area contributed by atoms with Crippen LogP contribution in [-0.2, 0) is 14.3 Å². The molecule has 1 aliphatic heterocycles. The van der Waals surface area contributed by atoms with Crippen LogP contribution in [-0.4, -0.2) is 24.8 Å². The average molecular weight is 325 g/mol. The van der Waals surface area contributed by atoms with Gasteiger partial charge in [0.15, 0.2) is 0 Å². The first-order valence-electron chi connectivity index (χ1n) is 10.0. The third kappa shape index (κ3) is 6.45. The molecule has 0 bridgehead atoms. The van der Waals surface area contributed by atoms with E-state index in [1.54, 1.807) is 0 Å². The summed E-state index contributed by atoms with van der Waals surface area (Å²) in [4.78, 5) is 12.2. The van der Waals surface area contributed by atoms with Gasteiger partial charge in [-0.25, -0.2) is 0 Å². The Balaban J connectivity index is 1.61. The molecule has 0 amide bonds. The summed E-state index contributed by atoms with van der Waals surface area (Å²) in [7, 11) is 0. The van der Waals surface area contributed by atoms with Gasteiger partial charge in [0.05, 0.1) is 12.0 Å². The van der Waals surface area contributed by atoms with Gasteiger partial charge in [-0.05, 0) is 77.0 Å². The Hall–Kier alpha value is -0.570. The molecule has 2 atom stereocenters. The Morgan fingerprint density at radius 1 is 0.957 bits per heavy atom. The van der Waals surface area contributed by atoms with Gasteiger partial charge < -0.3 is 9.47 Å². The number of carbonyl (C=O) groups excluding carboxylic acids is 1. The van der Waals surface area contributed by atoms with Gasteiger partial charge >= 0.3 is 5.97 Å². The topological polar surface area (TPSA) is 35.5 Å². The first-order valence-corrected chi connectivity index (χ1v) is 10.0. The van der Waals surface area contributed by atoms with Crippen molar-refractivity contribution in [2.75, 3.05) is 6.61 Å². The number of carbonyl (C=O) groups is 1. The van der Waals surface area contributed by atoms with Crippen LogP contribution in [0.15, 0.2) is 0 Å². The van der Waals surface area contributed by atoms with Crippen LogP contribution in [0.4, 0.5) is 0 Å². The van der Waals surface area contributed by atoms with Crippen LogP contribution in [0.3, 0.4) is 0 Å². The van der Waals surface area contributed by atoms with Crippen LogP contribution in [0.1, 0.15) is 90.9 Å². The van der Waals surface area contributed by atoms with Crippen molar-refractivity contribution in [2.45, 2.75) is 103 Å². The van der Waals surface area contributed by atoms with Gasteiger partial charge in [-0.1, -0.05) is 19.8 Å². The average Bonchev–Trinajstić information content (AvgIpc) is 2.56. The first-order chi connectivity index (χ1) is 11.2. The van der Waals surface area contributed by atoms with Crippen LogP contribution < -0.4 is 0 Å². The zero-order valence-electron chi connectivity index (χ0n) is 15.2. The highest BCUT2D eigenvalue weighted by atomic mass is 16.5. The molecule has 0 N–H and O–H groups in total. The molecule has 0 spiro atoms. The zero-order valence-corrected chi connectivity index (χ0v) is 15.2. The second-order valence-corrected chi connectivity index (χ2v) is 7.50. The Bertz CT molecular complexity index is 334. The zero-order chi connectivity index (χ0) is 16.5. The fourth-order valence-electron chi connectivity index (χ4n) is 4.17. The second-order valence-electron chi connectivity index (χ2n) is 7.50. The molecule has 1 saturated heterocycles. The Kier molecular flexibility index (Phi) is 8.43. The minimum absolute atomic E-state index is 0.0840. The molecule has 0 aromatic heterocycles. The molecule has 0 aromatic rings. The fourth-order valence-corrected chi connectivity index (χ4v) is 4.17. The fraction of sp³-hybridized carbons (Fsp3) is 0.950. The molecule has 134 valence electrons. The van der Waals surface area contributed by atoms with Crippen molar-refractivity contribution in [1.29, 1.82) is 0 Å². The van der Waals surface area contributed by atoms with Crippen molar-refractivity contribution in [2.24, 2.45) is 11.8 Å². The predicted molar refractivity (Wildman–Crippen MR) is 93.4 cm³/mol. The molecule has 2 unspecified atom stereocenters. The number of cyclic esters (lactones) is 1. The third-order valence-corrected chi connectivity index (χ3v) is 5.70. The molecule has 0 aromatic carbocycles. The maximum Gasteiger partial charge on any atom is 0.309 e. The van der Waals surface area contributed by atoms with Crippen molar-refractivity contribution < 1.29 is 14.3 Å². The lowest BCUT2D eigenvalue weighted by Gasteiger charge is -2.31. The number of rotatable bonds is 9. The lowest BCUT2D eigenvalue weighted by atomic mass is 9.81. The molecule has 3 nitrogen and oxygen atoms in total. The smallest absolute Gasteiger partial charge is 0.309 e. The van der Waals surface area contributed by atoms with E-state index >= 15 is 0 Å². The normalized spacial score (nSPS) is 31.8. The molecule has 1 saturated carbocycles. The van der Waals surface area contributed by atoms with E-state index in [1.807, 2.05) is 0 Å². The summed E-state index contributed by atoms with van der Waals surface area (Å²) >= 11 is 0. The molecule has 2 aliphatic rings. The summed E-state index contributed by atoms with van der Waals surface area (Å²) in [6.45, 7) is 5.13. The number of hydrogen-bond donors (Lipinski definition) is 0. The van der Waals surface area contributed by atoms with Gasteiger partial charge in [0.1, 0.15) is 6.10 Å². The quantitative estimate of drug-likeness (QED) is 0.428. The van der Waals surface area contributed by atoms with E-state index in [0.717, 1.165) is 38.2 Å². The van der Waals surface area contributed by atoms with E-state index in [9.17, 15) is 4.79 Å². The van der Waals surface area contributed by atoms with Crippen LogP contribution in [0.5, 0.6) is 0 Å². The van der Waals surface area contributed by atoms with Crippen molar-refractivity contribution >= 4 is 5.97 Å². The third-order valence-electron chi connectivity index (χ3n) is 5.70. The van der Waals surface area contributed by atoms with Gasteiger partial charge in [-0.15, -0.1) is 0 Å². The standard InChI is InChI=1S/C20H36O3/c1-3-5-6-7-19-15-12-17(20(21)23-19)11-8-16-9-13-18(14-10-16)22-4-2/h16-19H,3-15H2,1-2H3. The maximum atomic E-state index is 12.2. The van der Waals surface area contributed by atoms with Crippen molar-refractivity contribution in [3.05, 3.63) is 0 Å². The molecule has 3 heteroatoms. The van der Waals surface area contributed by atoms with Gasteiger partial charge in [0.2, 0.25) is 0 Å². The molecule has 2 fully saturated rings. The van der Waals surface area contributed by atoms with Crippen molar-refractivity contribution in [3.63, 3.8) is 0 Å². The highest BCUT2D eigenvalue weighted by molar-refractivity contribution is 5.73. The largest absolute Gasteiger partial charge is 0.462 e. The summed E-state index contributed by atoms with van der Waals surface area (Å²) in [5.74, 6) is 1.05. The molecule has 2 rings (SSSR count). The van der Waals surface area contributed by atoms with E-state index in [1.165, 1.54) is 51.4 Å². The number of unbranched alkanes of at least 4 members (excludes halogenated alkanes) is 2. The summed E-state index contributed by atoms with van der Waals surface area (Å²) in [5, 5.41) is 0. The highest BCUT2D eigenvalue weighted by Gasteiger charge is 2.30. The van der Waals surface area contributed by atoms with Gasteiger partial charge in [-0.2, -0.15) is 0 Å². The van der Waals surface area contributed by atoms with E-state index < -0.39 is 0 Å². The number of hydrogen-bond acceptors (Lipinski definition) is 3. The SMILES string of the molecule is CCCCCC1CCC(CCC2CCC(OCC)CC2)C(=O)O1. The second kappa shape index (κ2) is 10.3. The maximum absolute atomic E-state index is 12.2. The lowest BCUT2D eigenvalue weighted by molar-refractivity contribution is -0.161. The van der Waals surface area contributed by atoms with Crippen molar-refractivity contribution in [1.82, 2.24) is 0 Å². The van der Waals surface area contributed by atoms with Crippen LogP contribution >= 0.6 is 0 Å². The molecule has 1 aliphatic carbocycles. The minimum Gasteiger partial charge on any atom is -0.462 e. The van der Waals surface area contributed by atoms with Crippen LogP contribution in [0, 0.1) is 11.8 Å². The van der Waals surface area contributed by atoms with E-state index in [-0.39, 0.29) is 18.0 Å². The van der Waals surface area contributed by atoms with Crippen molar-refractivity contribution in [3.8, 4) is 0 Å². The van der Waals surface area contributed by atoms with E-state index in [2.05, 4.69) is 13.8 Å². The van der Waals surface area contributed by atoms with Gasteiger partial charge in [-0.3, -0.25) is 4.79 Å². The Labute approximate surface area is 142 Å². The summed E-state index contributed by atoms with van der Waals surface area (Å²) in [6.07, 6.45) is 14.7. The van der Waals surface area contributed by atoms with Gasteiger partial charge in [0, 0.05) is 6.61 Å². The highest BCUT2D eigenvalue weighted by Crippen LogP contribution is 2.33. The Morgan fingerprint density at radius 2 is 1.74 bits per heavy atom. The summed E-state index contributed by atoms with van der Waals surface area (Å²) in [5.41, 5.74) is 0. The molecular formula is C20H36O3. The van der Waals surface area contributed by atoms with E-state index in [4.69, 9.17) is 9.47 Å². The summed E-state index contributed by atoms with van der Waals surface area (Å²) in [6, 6.07) is 0. The monoisotopic (exact) mass is 324 g/mol. The first kappa shape index (κ1) is 18.8. The van der Waals surface area contributed by atoms with Crippen LogP contribution in [0.25, 0.3) is 0 Å². The van der Waals surface area contributed by atoms with Crippen LogP contribution in [0.2, 0.25) is 0 Å². The molecule has 23 heavy (non-hydrogen) atoms. The Morgan fingerprint density at radius 3 is 2.39 bits per heavy atom. The minimum atomic E-state index is 0.0840. The van der Waals surface area contributed by atoms with E-state index in [0.29, 0.717) is 6.10 Å². The summed E-state index contributed by atoms with van der Waals surface area (Å²) < 4.78 is 11.4.